The van der Waals surface area contributed by atoms with E-state index in [2.05, 4.69) is 125 Å². The Morgan fingerprint density at radius 2 is 0.696 bits per heavy atom. The third kappa shape index (κ3) is 39.1. The number of ether oxygens (including phenoxy) is 10. The van der Waals surface area contributed by atoms with E-state index in [1.165, 1.54) is 50.6 Å². The van der Waals surface area contributed by atoms with Crippen molar-refractivity contribution >= 4 is 183 Å². The van der Waals surface area contributed by atoms with Gasteiger partial charge in [-0.15, -0.1) is 106 Å². The normalized spacial score (nSPS) is 10.5. The van der Waals surface area contributed by atoms with Crippen molar-refractivity contribution in [2.75, 3.05) is 41.4 Å². The molecule has 589 valence electrons. The van der Waals surface area contributed by atoms with Gasteiger partial charge in [0.05, 0.1) is 33.3 Å². The van der Waals surface area contributed by atoms with Gasteiger partial charge in [-0.3, -0.25) is 24.0 Å². The predicted octanol–water partition coefficient (Wildman–Crippen LogP) is 10.3. The number of aliphatic hydroxyl groups excluding tert-OH is 1. The van der Waals surface area contributed by atoms with Crippen molar-refractivity contribution in [2.45, 2.75) is 18.9 Å². The Morgan fingerprint density at radius 1 is 0.455 bits per heavy atom. The number of nitriles is 1. The van der Waals surface area contributed by atoms with Crippen LogP contribution in [0.2, 0.25) is 0 Å². The average molecular weight is 2060 g/mol. The van der Waals surface area contributed by atoms with Crippen LogP contribution in [0.3, 0.4) is 0 Å². The molecular formula is C64H49B3Br6Cl3F8N2Na2O23S. The number of phenols is 6. The van der Waals surface area contributed by atoms with Crippen molar-refractivity contribution in [1.82, 2.24) is 0 Å². The smallest absolute Gasteiger partial charge is 1.00 e. The van der Waals surface area contributed by atoms with E-state index in [-0.39, 0.29) is 189 Å². The van der Waals surface area contributed by atoms with E-state index in [1.54, 1.807) is 18.2 Å². The third-order valence-electron chi connectivity index (χ3n) is 11.9. The fourth-order valence-electron chi connectivity index (χ4n) is 7.46. The second kappa shape index (κ2) is 59.1. The number of rotatable bonds is 10. The van der Waals surface area contributed by atoms with E-state index < -0.39 is 90.3 Å². The second-order valence-electron chi connectivity index (χ2n) is 18.9. The number of carbonyl (C=O) groups excluding carboxylic acids is 5. The molecule has 0 atom stereocenters. The van der Waals surface area contributed by atoms with E-state index in [1.807, 2.05) is 6.07 Å². The van der Waals surface area contributed by atoms with Crippen molar-refractivity contribution in [2.24, 2.45) is 0 Å². The first-order valence-corrected chi connectivity index (χ1v) is 36.9. The number of phenolic OH excluding ortho intramolecular Hbond substituents is 6. The number of aliphatic hydroxyl groups is 1. The van der Waals surface area contributed by atoms with Crippen LogP contribution in [0.15, 0.2) is 97.1 Å². The van der Waals surface area contributed by atoms with Gasteiger partial charge >= 0.3 is 65.5 Å². The summed E-state index contributed by atoms with van der Waals surface area (Å²) in [7, 11) is 9.92. The number of nitrogens with zero attached hydrogens (tertiary/aromatic N) is 2. The Hall–Kier alpha value is -6.62. The summed E-state index contributed by atoms with van der Waals surface area (Å²) in [5.41, 5.74) is 2.25. The molecular weight excluding hydrogens is 2010 g/mol. The number of aldehydes is 5. The van der Waals surface area contributed by atoms with Gasteiger partial charge in [-0.1, -0.05) is 0 Å². The maximum atomic E-state index is 13.2. The minimum atomic E-state index is -1.67. The molecule has 0 fully saturated rings. The minimum Gasteiger partial charge on any atom is -1.00 e. The summed E-state index contributed by atoms with van der Waals surface area (Å²) in [6.07, 6.45) is 2.44. The molecule has 0 saturated heterocycles. The van der Waals surface area contributed by atoms with E-state index >= 15 is 0 Å². The van der Waals surface area contributed by atoms with Crippen molar-refractivity contribution in [3.63, 3.8) is 0 Å². The molecule has 0 saturated carbocycles. The topological polar surface area (TPSA) is 384 Å². The van der Waals surface area contributed by atoms with Crippen molar-refractivity contribution in [3.05, 3.63) is 195 Å². The van der Waals surface area contributed by atoms with Crippen molar-refractivity contribution in [3.8, 4) is 98.1 Å². The maximum absolute atomic E-state index is 13.2. The summed E-state index contributed by atoms with van der Waals surface area (Å²) in [4.78, 5) is 50.9. The molecule has 25 nitrogen and oxygen atoms in total. The summed E-state index contributed by atoms with van der Waals surface area (Å²) in [5.74, 6) is -7.60. The average Bonchev–Trinajstić information content (AvgIpc) is 1.63. The first kappa shape index (κ1) is 110. The van der Waals surface area contributed by atoms with Gasteiger partial charge in [0.25, 0.3) is 0 Å². The third-order valence-corrected chi connectivity index (χ3v) is 12.2. The monoisotopic (exact) mass is 2050 g/mol. The van der Waals surface area contributed by atoms with Crippen LogP contribution in [-0.4, -0.2) is 128 Å². The van der Waals surface area contributed by atoms with Crippen LogP contribution in [0.5, 0.6) is 92.0 Å². The Bertz CT molecular complexity index is 4230. The molecule has 7 N–H and O–H groups in total. The number of fused-ring (bicyclic) bond motifs is 4. The van der Waals surface area contributed by atoms with E-state index in [9.17, 15) is 59.1 Å². The van der Waals surface area contributed by atoms with Gasteiger partial charge in [-0.05, 0) is 114 Å². The van der Waals surface area contributed by atoms with Crippen molar-refractivity contribution in [1.29, 1.82) is 10.5 Å². The molecule has 4 heterocycles. The fraction of sp³-hybridized carbons (Fsp3) is 0.141. The van der Waals surface area contributed by atoms with Crippen LogP contribution in [-0.2, 0) is 28.1 Å². The molecule has 0 aliphatic carbocycles. The molecule has 0 bridgehead atoms. The Kier molecular flexibility index (Phi) is 57.8. The first-order valence-electron chi connectivity index (χ1n) is 28.1. The Labute approximate surface area is 745 Å². The molecule has 0 amide bonds. The Balaban J connectivity index is -0.000000584. The molecule has 12 rings (SSSR count). The molecule has 112 heavy (non-hydrogen) atoms. The predicted molar refractivity (Wildman–Crippen MR) is 407 cm³/mol. The zero-order chi connectivity index (χ0) is 82.8. The summed E-state index contributed by atoms with van der Waals surface area (Å²) < 4.78 is 161. The molecule has 48 heteroatoms. The zero-order valence-corrected chi connectivity index (χ0v) is 73.8. The fourth-order valence-corrected chi connectivity index (χ4v) is 7.61. The van der Waals surface area contributed by atoms with E-state index in [4.69, 9.17) is 107 Å². The maximum Gasteiger partial charge on any atom is 1.00 e. The molecule has 8 aromatic carbocycles. The summed E-state index contributed by atoms with van der Waals surface area (Å²) >= 11 is 24.2. The number of halogens is 17. The van der Waals surface area contributed by atoms with Gasteiger partial charge in [0, 0.05) is 63.5 Å². The van der Waals surface area contributed by atoms with E-state index in [0.717, 1.165) is 42.5 Å². The first-order chi connectivity index (χ1) is 51.6. The number of carbonyl (C=O) groups is 5. The number of alkyl halides is 1. The molecule has 4 aliphatic heterocycles. The Morgan fingerprint density at radius 3 is 0.973 bits per heavy atom. The molecule has 0 spiro atoms. The van der Waals surface area contributed by atoms with Gasteiger partial charge in [-0.2, -0.15) is 5.26 Å². The summed E-state index contributed by atoms with van der Waals surface area (Å²) in [6.45, 7) is 4.73. The molecule has 0 aromatic heterocycles. The number of hydrogen-bond acceptors (Lipinski definition) is 25. The molecule has 0 unspecified atom stereocenters. The van der Waals surface area contributed by atoms with Crippen LogP contribution in [0.1, 0.15) is 69.9 Å². The quantitative estimate of drug-likeness (QED) is 0.0127. The van der Waals surface area contributed by atoms with Crippen LogP contribution >= 0.6 is 128 Å². The number of aromatic hydroxyl groups is 6. The molecule has 3 radical (unpaired) electrons. The van der Waals surface area contributed by atoms with Crippen LogP contribution in [0, 0.1) is 69.7 Å². The van der Waals surface area contributed by atoms with Gasteiger partial charge in [0.2, 0.25) is 59.4 Å². The minimum absolute atomic E-state index is 0. The summed E-state index contributed by atoms with van der Waals surface area (Å²) in [6, 6.07) is 21.2. The van der Waals surface area contributed by atoms with Gasteiger partial charge in [0.1, 0.15) is 31.4 Å². The second-order valence-corrected chi connectivity index (χ2v) is 34.6. The largest absolute Gasteiger partial charge is 1.00 e. The molecule has 4 aliphatic rings. The standard InChI is InChI=1S/C9H6FNO2.C8H6ClFO2.C8H7FO3.C8H5FO3.2C8H7FO3.2C7H5FO3.CN.2BBr3.B.Cl2OS.2Na.H/c10-7-3-6(1-2-11)4-8-9(7)13-5-12-8;9-3-5-1-6(10)8-7(2-5)11-4-12-8;2*9-6-1-5(3-10)2-7-8(6)12-4-11-7;2*1-12-7-3-5(4-10)2-6(9)8(7)11;2*8-5-1-4(3-9)2-6(10)7(5)11;1-2;2*2-1(3)4;;1-4(2)3;;;/h3-4H,1,5H2;1-2H,3-4H2;1-2,10H,3-4H2;1-3H,4H2;2*2-4,11H,1H3;2*1-3,10-11H;;;;;;;;/q;;;;;;;;-1;;;;;2*+1;-1. The SMILES string of the molecule is BrB(Br)Br.BrB(Br)Br.COc1cc(C=O)cc(F)c1O.COc1cc(C=O)cc(F)c1O.Fc1cc(CCl)cc2c1OCO2.N#CCc1cc(F)c2c(c1)OCO2.O=Cc1cc(F)c2c(c1)OCO2.O=Cc1cc(O)c(O)c(F)c1.O=Cc1cc(O)c(O)c(F)c1.O=S(Cl)Cl.OCc1cc(F)c2c(c1)OCO2.[B].[C-]#N.[H-].[Na+].[Na+]. The van der Waals surface area contributed by atoms with Gasteiger partial charge in [0.15, 0.2) is 116 Å². The van der Waals surface area contributed by atoms with E-state index in [0.29, 0.717) is 65.4 Å². The molecule has 8 aromatic rings. The number of methoxy groups -OCH3 is 2. The van der Waals surface area contributed by atoms with Crippen LogP contribution in [0.4, 0.5) is 35.1 Å². The zero-order valence-electron chi connectivity index (χ0n) is 58.2. The van der Waals surface area contributed by atoms with Gasteiger partial charge in [-0.25, -0.2) is 39.3 Å². The van der Waals surface area contributed by atoms with Gasteiger partial charge < -0.3 is 96.4 Å². The van der Waals surface area contributed by atoms with Crippen LogP contribution in [0.25, 0.3) is 0 Å². The summed E-state index contributed by atoms with van der Waals surface area (Å²) in [5, 5.41) is 76.3. The van der Waals surface area contributed by atoms with Crippen molar-refractivity contribution < 1.29 is 207 Å². The number of hydrogen-bond donors (Lipinski definition) is 7. The number of benzene rings is 8. The van der Waals surface area contributed by atoms with Crippen LogP contribution < -0.4 is 106 Å².